The van der Waals surface area contributed by atoms with E-state index < -0.39 is 16.9 Å². The van der Waals surface area contributed by atoms with E-state index in [0.29, 0.717) is 11.6 Å². The second kappa shape index (κ2) is 6.57. The monoisotopic (exact) mass is 286 g/mol. The fraction of sp³-hybridized carbons (Fsp3) is 0.643. The Morgan fingerprint density at radius 2 is 2.00 bits per heavy atom. The van der Waals surface area contributed by atoms with Gasteiger partial charge >= 0.3 is 0 Å². The largest absolute Gasteiger partial charge is 0.242 e. The third-order valence-corrected chi connectivity index (χ3v) is 4.22. The van der Waals surface area contributed by atoms with Gasteiger partial charge < -0.3 is 0 Å². The summed E-state index contributed by atoms with van der Waals surface area (Å²) in [5, 5.41) is 0. The standard InChI is InChI=1S/C14H23FN2OS/c1-10(2)9-12(17-19(18)14(3,4)5)11-7-6-8-13(15)16-11/h6-8,10,12,17H,9H2,1-5H3/t12-,19?/m0/s1. The summed E-state index contributed by atoms with van der Waals surface area (Å²) in [6, 6.07) is 4.52. The first-order chi connectivity index (χ1) is 8.70. The Labute approximate surface area is 117 Å². The van der Waals surface area contributed by atoms with Crippen LogP contribution < -0.4 is 4.72 Å². The summed E-state index contributed by atoms with van der Waals surface area (Å²) >= 11 is 0. The van der Waals surface area contributed by atoms with Crippen molar-refractivity contribution in [2.45, 2.75) is 51.8 Å². The van der Waals surface area contributed by atoms with Gasteiger partial charge in [-0.1, -0.05) is 19.9 Å². The lowest BCUT2D eigenvalue weighted by atomic mass is 10.0. The molecular weight excluding hydrogens is 263 g/mol. The maximum atomic E-state index is 13.2. The predicted molar refractivity (Wildman–Crippen MR) is 77.4 cm³/mol. The number of pyridine rings is 1. The molecule has 1 rings (SSSR count). The molecule has 1 aromatic rings. The summed E-state index contributed by atoms with van der Waals surface area (Å²) in [5.74, 6) is -0.103. The van der Waals surface area contributed by atoms with Gasteiger partial charge in [0.2, 0.25) is 5.95 Å². The molecule has 0 bridgehead atoms. The molecular formula is C14H23FN2OS. The van der Waals surface area contributed by atoms with Crippen molar-refractivity contribution in [2.75, 3.05) is 0 Å². The van der Waals surface area contributed by atoms with Crippen LogP contribution in [-0.2, 0) is 11.0 Å². The van der Waals surface area contributed by atoms with Crippen LogP contribution in [0.3, 0.4) is 0 Å². The molecule has 0 spiro atoms. The van der Waals surface area contributed by atoms with Crippen LogP contribution in [0.2, 0.25) is 0 Å². The number of hydrogen-bond acceptors (Lipinski definition) is 2. The van der Waals surface area contributed by atoms with Crippen LogP contribution in [-0.4, -0.2) is 13.9 Å². The fourth-order valence-corrected chi connectivity index (χ4v) is 2.45. The molecule has 0 saturated heterocycles. The van der Waals surface area contributed by atoms with Gasteiger partial charge in [0.05, 0.1) is 27.5 Å². The second-order valence-electron chi connectivity index (χ2n) is 6.07. The number of rotatable bonds is 5. The van der Waals surface area contributed by atoms with Crippen molar-refractivity contribution in [1.29, 1.82) is 0 Å². The van der Waals surface area contributed by atoms with E-state index in [4.69, 9.17) is 0 Å². The predicted octanol–water partition coefficient (Wildman–Crippen LogP) is 3.36. The van der Waals surface area contributed by atoms with E-state index >= 15 is 0 Å². The molecule has 0 saturated carbocycles. The molecule has 0 fully saturated rings. The summed E-state index contributed by atoms with van der Waals surface area (Å²) in [7, 11) is -1.20. The summed E-state index contributed by atoms with van der Waals surface area (Å²) < 4.78 is 28.1. The highest BCUT2D eigenvalue weighted by Gasteiger charge is 2.24. The average Bonchev–Trinajstić information content (AvgIpc) is 2.26. The van der Waals surface area contributed by atoms with Crippen LogP contribution in [0.5, 0.6) is 0 Å². The van der Waals surface area contributed by atoms with E-state index in [1.807, 2.05) is 20.8 Å². The minimum atomic E-state index is -1.20. The van der Waals surface area contributed by atoms with Crippen molar-refractivity contribution in [3.05, 3.63) is 29.8 Å². The maximum Gasteiger partial charge on any atom is 0.213 e. The molecule has 1 aromatic heterocycles. The van der Waals surface area contributed by atoms with Gasteiger partial charge in [-0.05, 0) is 45.2 Å². The van der Waals surface area contributed by atoms with Gasteiger partial charge in [0, 0.05) is 0 Å². The third-order valence-electron chi connectivity index (χ3n) is 2.61. The summed E-state index contributed by atoms with van der Waals surface area (Å²) in [6.45, 7) is 9.87. The topological polar surface area (TPSA) is 42.0 Å². The van der Waals surface area contributed by atoms with Gasteiger partial charge in [-0.25, -0.2) is 13.9 Å². The number of nitrogens with one attached hydrogen (secondary N) is 1. The van der Waals surface area contributed by atoms with Crippen molar-refractivity contribution < 1.29 is 8.60 Å². The van der Waals surface area contributed by atoms with Crippen LogP contribution in [0.4, 0.5) is 4.39 Å². The molecule has 0 aliphatic rings. The highest BCUT2D eigenvalue weighted by Crippen LogP contribution is 2.22. The first kappa shape index (κ1) is 16.2. The normalized spacial score (nSPS) is 15.5. The number of hydrogen-bond donors (Lipinski definition) is 1. The van der Waals surface area contributed by atoms with E-state index in [9.17, 15) is 8.60 Å². The van der Waals surface area contributed by atoms with Gasteiger partial charge in [-0.3, -0.25) is 0 Å². The highest BCUT2D eigenvalue weighted by molar-refractivity contribution is 7.84. The van der Waals surface area contributed by atoms with Gasteiger partial charge in [0.1, 0.15) is 0 Å². The van der Waals surface area contributed by atoms with E-state index in [1.54, 1.807) is 12.1 Å². The highest BCUT2D eigenvalue weighted by atomic mass is 32.2. The summed E-state index contributed by atoms with van der Waals surface area (Å²) in [6.07, 6.45) is 0.762. The zero-order chi connectivity index (χ0) is 14.6. The molecule has 5 heteroatoms. The maximum absolute atomic E-state index is 13.2. The molecule has 0 radical (unpaired) electrons. The Morgan fingerprint density at radius 3 is 2.47 bits per heavy atom. The van der Waals surface area contributed by atoms with Crippen molar-refractivity contribution >= 4 is 11.0 Å². The first-order valence-electron chi connectivity index (χ1n) is 6.50. The van der Waals surface area contributed by atoms with Gasteiger partial charge in [0.25, 0.3) is 0 Å². The van der Waals surface area contributed by atoms with Crippen molar-refractivity contribution in [2.24, 2.45) is 5.92 Å². The average molecular weight is 286 g/mol. The SMILES string of the molecule is CC(C)C[C@H](NS(=O)C(C)(C)C)c1cccc(F)n1. The summed E-state index contributed by atoms with van der Waals surface area (Å²) in [5.41, 5.74) is 0.603. The van der Waals surface area contributed by atoms with Crippen molar-refractivity contribution in [3.63, 3.8) is 0 Å². The van der Waals surface area contributed by atoms with Crippen LogP contribution in [0, 0.1) is 11.9 Å². The Hall–Kier alpha value is -0.810. The Bertz CT molecular complexity index is 443. The molecule has 0 aliphatic heterocycles. The molecule has 1 unspecified atom stereocenters. The zero-order valence-electron chi connectivity index (χ0n) is 12.2. The number of halogens is 1. The lowest BCUT2D eigenvalue weighted by Gasteiger charge is -2.25. The quantitative estimate of drug-likeness (QED) is 0.843. The van der Waals surface area contributed by atoms with Gasteiger partial charge in [-0.15, -0.1) is 0 Å². The molecule has 0 amide bonds. The molecule has 108 valence electrons. The second-order valence-corrected chi connectivity index (χ2v) is 8.06. The van der Waals surface area contributed by atoms with E-state index in [0.717, 1.165) is 6.42 Å². The lowest BCUT2D eigenvalue weighted by Crippen LogP contribution is -2.36. The van der Waals surface area contributed by atoms with Gasteiger partial charge in [0.15, 0.2) is 0 Å². The Kier molecular flexibility index (Phi) is 5.62. The fourth-order valence-electron chi connectivity index (χ4n) is 1.62. The van der Waals surface area contributed by atoms with Crippen LogP contribution in [0.1, 0.15) is 52.8 Å². The molecule has 19 heavy (non-hydrogen) atoms. The minimum Gasteiger partial charge on any atom is -0.242 e. The Balaban J connectivity index is 2.93. The van der Waals surface area contributed by atoms with Crippen LogP contribution in [0.15, 0.2) is 18.2 Å². The minimum absolute atomic E-state index is 0.198. The van der Waals surface area contributed by atoms with Crippen molar-refractivity contribution in [1.82, 2.24) is 9.71 Å². The third kappa shape index (κ3) is 5.37. The molecule has 1 heterocycles. The van der Waals surface area contributed by atoms with Crippen LogP contribution in [0.25, 0.3) is 0 Å². The molecule has 0 aromatic carbocycles. The van der Waals surface area contributed by atoms with Crippen LogP contribution >= 0.6 is 0 Å². The first-order valence-corrected chi connectivity index (χ1v) is 7.65. The number of aromatic nitrogens is 1. The molecule has 0 aliphatic carbocycles. The smallest absolute Gasteiger partial charge is 0.213 e. The lowest BCUT2D eigenvalue weighted by molar-refractivity contribution is 0.463. The van der Waals surface area contributed by atoms with E-state index in [1.165, 1.54) is 6.07 Å². The van der Waals surface area contributed by atoms with Crippen molar-refractivity contribution in [3.8, 4) is 0 Å². The molecule has 2 atom stereocenters. The zero-order valence-corrected chi connectivity index (χ0v) is 13.1. The van der Waals surface area contributed by atoms with E-state index in [2.05, 4.69) is 23.6 Å². The molecule has 3 nitrogen and oxygen atoms in total. The van der Waals surface area contributed by atoms with E-state index in [-0.39, 0.29) is 10.8 Å². The molecule has 1 N–H and O–H groups in total. The number of nitrogens with zero attached hydrogens (tertiary/aromatic N) is 1. The Morgan fingerprint density at radius 1 is 1.37 bits per heavy atom. The summed E-state index contributed by atoms with van der Waals surface area (Å²) in [4.78, 5) is 3.90. The van der Waals surface area contributed by atoms with Gasteiger partial charge in [-0.2, -0.15) is 4.39 Å².